The zero-order chi connectivity index (χ0) is 17.9. The summed E-state index contributed by atoms with van der Waals surface area (Å²) in [6.45, 7) is 3.41. The minimum Gasteiger partial charge on any atom is -0.478 e. The second kappa shape index (κ2) is 7.21. The Labute approximate surface area is 154 Å². The molecule has 0 aliphatic carbocycles. The molecule has 3 aromatic rings. The highest BCUT2D eigenvalue weighted by molar-refractivity contribution is 7.14. The van der Waals surface area contributed by atoms with Crippen molar-refractivity contribution in [3.63, 3.8) is 0 Å². The van der Waals surface area contributed by atoms with Gasteiger partial charge in [-0.2, -0.15) is 0 Å². The summed E-state index contributed by atoms with van der Waals surface area (Å²) in [4.78, 5) is 21.0. The Morgan fingerprint density at radius 3 is 2.52 bits per heavy atom. The third kappa shape index (κ3) is 4.35. The van der Waals surface area contributed by atoms with Crippen molar-refractivity contribution in [2.45, 2.75) is 19.4 Å². The van der Waals surface area contributed by atoms with E-state index in [4.69, 9.17) is 16.3 Å². The molecule has 3 rings (SSSR count). The maximum atomic E-state index is 12.5. The normalized spacial score (nSPS) is 11.2. The Bertz CT molecular complexity index is 864. The first kappa shape index (κ1) is 17.4. The smallest absolute Gasteiger partial charge is 0.269 e. The summed E-state index contributed by atoms with van der Waals surface area (Å²) in [7, 11) is 0. The molecule has 1 aromatic carbocycles. The Morgan fingerprint density at radius 2 is 1.84 bits per heavy atom. The number of hydrogen-bond acceptors (Lipinski definition) is 5. The molecule has 0 radical (unpaired) electrons. The number of carbonyl (C=O) groups is 1. The van der Waals surface area contributed by atoms with Gasteiger partial charge in [-0.3, -0.25) is 15.1 Å². The fourth-order valence-corrected chi connectivity index (χ4v) is 2.92. The molecule has 128 valence electrons. The van der Waals surface area contributed by atoms with E-state index in [9.17, 15) is 4.79 Å². The van der Waals surface area contributed by atoms with Gasteiger partial charge in [-0.15, -0.1) is 11.3 Å². The third-order valence-electron chi connectivity index (χ3n) is 3.43. The van der Waals surface area contributed by atoms with E-state index in [0.29, 0.717) is 15.9 Å². The van der Waals surface area contributed by atoms with Crippen LogP contribution in [0.15, 0.2) is 54.2 Å². The highest BCUT2D eigenvalue weighted by Gasteiger charge is 2.30. The van der Waals surface area contributed by atoms with Crippen LogP contribution in [0.25, 0.3) is 11.3 Å². The summed E-state index contributed by atoms with van der Waals surface area (Å²) in [6, 6.07) is 10.6. The van der Waals surface area contributed by atoms with Crippen molar-refractivity contribution in [1.82, 2.24) is 9.97 Å². The van der Waals surface area contributed by atoms with Crippen LogP contribution in [0.5, 0.6) is 5.75 Å². The van der Waals surface area contributed by atoms with Crippen LogP contribution in [0.4, 0.5) is 5.13 Å². The highest BCUT2D eigenvalue weighted by atomic mass is 35.5. The zero-order valence-corrected chi connectivity index (χ0v) is 15.3. The largest absolute Gasteiger partial charge is 0.478 e. The van der Waals surface area contributed by atoms with Gasteiger partial charge in [0.05, 0.1) is 5.69 Å². The van der Waals surface area contributed by atoms with Crippen molar-refractivity contribution >= 4 is 34.0 Å². The molecule has 25 heavy (non-hydrogen) atoms. The molecular weight excluding hydrogens is 358 g/mol. The Hall–Kier alpha value is -2.44. The monoisotopic (exact) mass is 373 g/mol. The van der Waals surface area contributed by atoms with Crippen molar-refractivity contribution in [2.24, 2.45) is 0 Å². The third-order valence-corrected chi connectivity index (χ3v) is 4.44. The number of halogens is 1. The second-order valence-corrected chi connectivity index (χ2v) is 7.09. The molecule has 0 fully saturated rings. The van der Waals surface area contributed by atoms with Gasteiger partial charge in [0.2, 0.25) is 0 Å². The number of carbonyl (C=O) groups excluding carboxylic acids is 1. The van der Waals surface area contributed by atoms with E-state index in [1.807, 2.05) is 17.5 Å². The van der Waals surface area contributed by atoms with Crippen LogP contribution in [0, 0.1) is 0 Å². The Kier molecular flexibility index (Phi) is 5.01. The first-order valence-electron chi connectivity index (χ1n) is 7.56. The van der Waals surface area contributed by atoms with Gasteiger partial charge in [0, 0.05) is 28.4 Å². The molecule has 0 aliphatic heterocycles. The summed E-state index contributed by atoms with van der Waals surface area (Å²) in [5, 5.41) is 5.82. The number of thiazole rings is 1. The molecule has 1 amide bonds. The fraction of sp³-hybridized carbons (Fsp3) is 0.167. The molecule has 0 spiro atoms. The van der Waals surface area contributed by atoms with Crippen molar-refractivity contribution in [3.05, 3.63) is 59.2 Å². The number of pyridine rings is 1. The van der Waals surface area contributed by atoms with Crippen molar-refractivity contribution in [1.29, 1.82) is 0 Å². The molecule has 0 aliphatic rings. The number of benzene rings is 1. The summed E-state index contributed by atoms with van der Waals surface area (Å²) >= 11 is 7.22. The molecule has 0 unspecified atom stereocenters. The van der Waals surface area contributed by atoms with Crippen LogP contribution in [-0.2, 0) is 4.79 Å². The molecule has 5 nitrogen and oxygen atoms in total. The number of nitrogens with zero attached hydrogens (tertiary/aromatic N) is 2. The summed E-state index contributed by atoms with van der Waals surface area (Å²) in [5.74, 6) is 0.291. The minimum absolute atomic E-state index is 0.280. The summed E-state index contributed by atoms with van der Waals surface area (Å²) < 4.78 is 5.78. The van der Waals surface area contributed by atoms with E-state index in [1.54, 1.807) is 50.5 Å². The highest BCUT2D eigenvalue weighted by Crippen LogP contribution is 2.26. The van der Waals surface area contributed by atoms with Gasteiger partial charge in [0.25, 0.3) is 5.91 Å². The fourth-order valence-electron chi connectivity index (χ4n) is 2.08. The number of amides is 1. The minimum atomic E-state index is -1.06. The number of anilines is 1. The van der Waals surface area contributed by atoms with Crippen LogP contribution in [0.2, 0.25) is 5.02 Å². The van der Waals surface area contributed by atoms with E-state index in [2.05, 4.69) is 15.3 Å². The van der Waals surface area contributed by atoms with Gasteiger partial charge in [-0.1, -0.05) is 11.6 Å². The first-order valence-corrected chi connectivity index (χ1v) is 8.82. The Morgan fingerprint density at radius 1 is 1.16 bits per heavy atom. The van der Waals surface area contributed by atoms with E-state index >= 15 is 0 Å². The van der Waals surface area contributed by atoms with E-state index < -0.39 is 5.60 Å². The SMILES string of the molecule is CC(C)(Oc1ccc(Cl)cc1)C(=O)Nc1nc(-c2ccncc2)cs1. The van der Waals surface area contributed by atoms with Crippen molar-refractivity contribution < 1.29 is 9.53 Å². The van der Waals surface area contributed by atoms with Gasteiger partial charge >= 0.3 is 0 Å². The van der Waals surface area contributed by atoms with Crippen LogP contribution in [0.1, 0.15) is 13.8 Å². The number of aromatic nitrogens is 2. The average molecular weight is 374 g/mol. The van der Waals surface area contributed by atoms with Crippen LogP contribution >= 0.6 is 22.9 Å². The topological polar surface area (TPSA) is 64.1 Å². The van der Waals surface area contributed by atoms with Crippen LogP contribution < -0.4 is 10.1 Å². The standard InChI is InChI=1S/C18H16ClN3O2S/c1-18(2,24-14-5-3-13(19)4-6-14)16(23)22-17-21-15(11-25-17)12-7-9-20-10-8-12/h3-11H,1-2H3,(H,21,22,23). The summed E-state index contributed by atoms with van der Waals surface area (Å²) in [6.07, 6.45) is 3.41. The molecule has 1 N–H and O–H groups in total. The summed E-state index contributed by atoms with van der Waals surface area (Å²) in [5.41, 5.74) is 0.679. The molecule has 0 saturated carbocycles. The molecule has 0 bridgehead atoms. The lowest BCUT2D eigenvalue weighted by Gasteiger charge is -2.24. The number of rotatable bonds is 5. The van der Waals surface area contributed by atoms with E-state index in [0.717, 1.165) is 11.3 Å². The molecule has 0 saturated heterocycles. The molecule has 7 heteroatoms. The lowest BCUT2D eigenvalue weighted by atomic mass is 10.1. The van der Waals surface area contributed by atoms with Crippen molar-refractivity contribution in [2.75, 3.05) is 5.32 Å². The van der Waals surface area contributed by atoms with Gasteiger partial charge in [0.1, 0.15) is 5.75 Å². The second-order valence-electron chi connectivity index (χ2n) is 5.79. The molecule has 2 aromatic heterocycles. The van der Waals surface area contributed by atoms with Crippen LogP contribution in [-0.4, -0.2) is 21.5 Å². The number of hydrogen-bond donors (Lipinski definition) is 1. The average Bonchev–Trinajstić information content (AvgIpc) is 3.06. The first-order chi connectivity index (χ1) is 11.9. The lowest BCUT2D eigenvalue weighted by Crippen LogP contribution is -2.42. The number of nitrogens with one attached hydrogen (secondary N) is 1. The Balaban J connectivity index is 1.68. The maximum Gasteiger partial charge on any atom is 0.269 e. The number of ether oxygens (including phenoxy) is 1. The predicted octanol–water partition coefficient (Wildman–Crippen LogP) is 4.65. The van der Waals surface area contributed by atoms with Gasteiger partial charge in [-0.25, -0.2) is 4.98 Å². The van der Waals surface area contributed by atoms with E-state index in [1.165, 1.54) is 11.3 Å². The quantitative estimate of drug-likeness (QED) is 0.706. The zero-order valence-electron chi connectivity index (χ0n) is 13.7. The van der Waals surface area contributed by atoms with Gasteiger partial charge < -0.3 is 4.74 Å². The molecule has 2 heterocycles. The maximum absolute atomic E-state index is 12.5. The molecule has 0 atom stereocenters. The predicted molar refractivity (Wildman–Crippen MR) is 100 cm³/mol. The van der Waals surface area contributed by atoms with Gasteiger partial charge in [-0.05, 0) is 50.2 Å². The van der Waals surface area contributed by atoms with Gasteiger partial charge in [0.15, 0.2) is 10.7 Å². The van der Waals surface area contributed by atoms with Crippen molar-refractivity contribution in [3.8, 4) is 17.0 Å². The van der Waals surface area contributed by atoms with E-state index in [-0.39, 0.29) is 5.91 Å². The lowest BCUT2D eigenvalue weighted by molar-refractivity contribution is -0.128. The van der Waals surface area contributed by atoms with Crippen LogP contribution in [0.3, 0.4) is 0 Å². The molecular formula is C18H16ClN3O2S.